The van der Waals surface area contributed by atoms with Gasteiger partial charge in [0.15, 0.2) is 11.5 Å². The molecule has 5 nitrogen and oxygen atoms in total. The zero-order valence-electron chi connectivity index (χ0n) is 17.5. The van der Waals surface area contributed by atoms with Gasteiger partial charge in [0.1, 0.15) is 0 Å². The quantitative estimate of drug-likeness (QED) is 0.645. The summed E-state index contributed by atoms with van der Waals surface area (Å²) < 4.78 is 11.1. The van der Waals surface area contributed by atoms with Crippen LogP contribution in [0.2, 0.25) is 0 Å². The molecular formula is C24H26N2O3S. The lowest BCUT2D eigenvalue weighted by Gasteiger charge is -2.37. The van der Waals surface area contributed by atoms with E-state index in [1.54, 1.807) is 32.6 Å². The monoisotopic (exact) mass is 422 g/mol. The van der Waals surface area contributed by atoms with Crippen LogP contribution in [0, 0.1) is 0 Å². The van der Waals surface area contributed by atoms with Gasteiger partial charge in [0.05, 0.1) is 20.3 Å². The molecule has 0 spiro atoms. The van der Waals surface area contributed by atoms with Crippen molar-refractivity contribution in [2.75, 3.05) is 27.8 Å². The van der Waals surface area contributed by atoms with E-state index in [1.165, 1.54) is 21.6 Å². The van der Waals surface area contributed by atoms with Crippen LogP contribution in [0.3, 0.4) is 0 Å². The van der Waals surface area contributed by atoms with E-state index in [9.17, 15) is 4.79 Å². The van der Waals surface area contributed by atoms with E-state index in [2.05, 4.69) is 39.9 Å². The summed E-state index contributed by atoms with van der Waals surface area (Å²) in [6, 6.07) is 16.6. The summed E-state index contributed by atoms with van der Waals surface area (Å²) in [6.07, 6.45) is 0.952. The molecule has 0 radical (unpaired) electrons. The summed E-state index contributed by atoms with van der Waals surface area (Å²) in [5, 5.41) is 4.79. The number of amides is 1. The average Bonchev–Trinajstić information content (AvgIpc) is 3.32. The van der Waals surface area contributed by atoms with Gasteiger partial charge in [0.2, 0.25) is 0 Å². The number of nitrogens with zero attached hydrogens (tertiary/aromatic N) is 1. The molecule has 30 heavy (non-hydrogen) atoms. The molecule has 156 valence electrons. The van der Waals surface area contributed by atoms with E-state index in [4.69, 9.17) is 9.47 Å². The lowest BCUT2D eigenvalue weighted by Crippen LogP contribution is -2.35. The highest BCUT2D eigenvalue weighted by Gasteiger charge is 2.31. The minimum Gasteiger partial charge on any atom is -0.493 e. The van der Waals surface area contributed by atoms with Gasteiger partial charge in [-0.2, -0.15) is 0 Å². The van der Waals surface area contributed by atoms with Gasteiger partial charge in [-0.25, -0.2) is 0 Å². The average molecular weight is 423 g/mol. The number of hydrogen-bond donors (Lipinski definition) is 1. The molecule has 2 heterocycles. The van der Waals surface area contributed by atoms with Gasteiger partial charge in [-0.15, -0.1) is 11.3 Å². The van der Waals surface area contributed by atoms with Crippen LogP contribution in [0.5, 0.6) is 11.5 Å². The van der Waals surface area contributed by atoms with Gasteiger partial charge in [0, 0.05) is 30.6 Å². The number of hydrogen-bond acceptors (Lipinski definition) is 5. The van der Waals surface area contributed by atoms with Crippen LogP contribution < -0.4 is 14.8 Å². The van der Waals surface area contributed by atoms with Crippen LogP contribution in [0.1, 0.15) is 38.0 Å². The third-order valence-corrected chi connectivity index (χ3v) is 6.54. The summed E-state index contributed by atoms with van der Waals surface area (Å²) in [5.41, 5.74) is 4.44. The number of nitrogens with one attached hydrogen (secondary N) is 1. The van der Waals surface area contributed by atoms with E-state index in [0.717, 1.165) is 31.0 Å². The second-order valence-electron chi connectivity index (χ2n) is 7.32. The van der Waals surface area contributed by atoms with Gasteiger partial charge >= 0.3 is 0 Å². The topological polar surface area (TPSA) is 50.8 Å². The standard InChI is InChI=1S/C24H26N2O3S/c1-25-24(27)17-8-6-16(7-9-17)15-26-11-10-18-13-20(28-2)21(29-3)14-19(18)23(26)22-5-4-12-30-22/h4-9,12-14,23H,10-11,15H2,1-3H3,(H,25,27). The molecule has 1 aromatic heterocycles. The Hall–Kier alpha value is -2.83. The van der Waals surface area contributed by atoms with Gasteiger partial charge in [-0.1, -0.05) is 18.2 Å². The van der Waals surface area contributed by atoms with Crippen molar-refractivity contribution in [1.82, 2.24) is 10.2 Å². The Kier molecular flexibility index (Phi) is 6.06. The highest BCUT2D eigenvalue weighted by atomic mass is 32.1. The Morgan fingerprint density at radius 1 is 1.13 bits per heavy atom. The van der Waals surface area contributed by atoms with Crippen LogP contribution in [-0.2, 0) is 13.0 Å². The van der Waals surface area contributed by atoms with Crippen molar-refractivity contribution in [2.45, 2.75) is 19.0 Å². The Morgan fingerprint density at radius 3 is 2.50 bits per heavy atom. The zero-order valence-corrected chi connectivity index (χ0v) is 18.3. The molecule has 0 saturated heterocycles. The number of thiophene rings is 1. The van der Waals surface area contributed by atoms with Crippen molar-refractivity contribution >= 4 is 17.2 Å². The zero-order chi connectivity index (χ0) is 21.1. The largest absolute Gasteiger partial charge is 0.493 e. The first-order valence-electron chi connectivity index (χ1n) is 9.98. The number of rotatable bonds is 6. The Labute approximate surface area is 181 Å². The SMILES string of the molecule is CNC(=O)c1ccc(CN2CCc3cc(OC)c(OC)cc3C2c2cccs2)cc1. The first kappa shape index (κ1) is 20.4. The summed E-state index contributed by atoms with van der Waals surface area (Å²) in [7, 11) is 5.01. The maximum absolute atomic E-state index is 11.8. The van der Waals surface area contributed by atoms with E-state index in [1.807, 2.05) is 24.3 Å². The molecule has 0 aliphatic carbocycles. The highest BCUT2D eigenvalue weighted by molar-refractivity contribution is 7.10. The van der Waals surface area contributed by atoms with Gasteiger partial charge < -0.3 is 14.8 Å². The van der Waals surface area contributed by atoms with Crippen LogP contribution in [0.4, 0.5) is 0 Å². The molecule has 0 fully saturated rings. The summed E-state index contributed by atoms with van der Waals surface area (Å²) >= 11 is 1.77. The fourth-order valence-corrected chi connectivity index (χ4v) is 4.96. The van der Waals surface area contributed by atoms with Crippen molar-refractivity contribution in [3.05, 3.63) is 81.0 Å². The molecule has 1 atom stereocenters. The van der Waals surface area contributed by atoms with Gasteiger partial charge in [0.25, 0.3) is 5.91 Å². The number of carbonyl (C=O) groups excluding carboxylic acids is 1. The molecule has 1 amide bonds. The molecule has 1 unspecified atom stereocenters. The fraction of sp³-hybridized carbons (Fsp3) is 0.292. The van der Waals surface area contributed by atoms with E-state index in [-0.39, 0.29) is 11.9 Å². The van der Waals surface area contributed by atoms with Crippen molar-refractivity contribution < 1.29 is 14.3 Å². The summed E-state index contributed by atoms with van der Waals surface area (Å²) in [5.74, 6) is 1.47. The first-order chi connectivity index (χ1) is 14.6. The van der Waals surface area contributed by atoms with E-state index < -0.39 is 0 Å². The normalized spacial score (nSPS) is 16.0. The summed E-state index contributed by atoms with van der Waals surface area (Å²) in [4.78, 5) is 15.6. The Morgan fingerprint density at radius 2 is 1.87 bits per heavy atom. The predicted molar refractivity (Wildman–Crippen MR) is 120 cm³/mol. The number of ether oxygens (including phenoxy) is 2. The predicted octanol–water partition coefficient (Wildman–Crippen LogP) is 4.27. The number of benzene rings is 2. The van der Waals surface area contributed by atoms with E-state index in [0.29, 0.717) is 5.56 Å². The molecular weight excluding hydrogens is 396 g/mol. The molecule has 6 heteroatoms. The van der Waals surface area contributed by atoms with Gasteiger partial charge in [-0.3, -0.25) is 9.69 Å². The Bertz CT molecular complexity index is 1020. The van der Waals surface area contributed by atoms with Crippen molar-refractivity contribution in [3.63, 3.8) is 0 Å². The minimum absolute atomic E-state index is 0.0639. The molecule has 0 saturated carbocycles. The van der Waals surface area contributed by atoms with Gasteiger partial charge in [-0.05, 0) is 58.8 Å². The maximum Gasteiger partial charge on any atom is 0.251 e. The Balaban J connectivity index is 1.68. The van der Waals surface area contributed by atoms with Crippen molar-refractivity contribution in [2.24, 2.45) is 0 Å². The van der Waals surface area contributed by atoms with Crippen LogP contribution in [0.15, 0.2) is 53.9 Å². The highest BCUT2D eigenvalue weighted by Crippen LogP contribution is 2.42. The molecule has 1 aliphatic rings. The maximum atomic E-state index is 11.8. The van der Waals surface area contributed by atoms with E-state index >= 15 is 0 Å². The molecule has 3 aromatic rings. The molecule has 0 bridgehead atoms. The fourth-order valence-electron chi connectivity index (χ4n) is 4.09. The lowest BCUT2D eigenvalue weighted by atomic mass is 9.90. The lowest BCUT2D eigenvalue weighted by molar-refractivity contribution is 0.0963. The number of fused-ring (bicyclic) bond motifs is 1. The third-order valence-electron chi connectivity index (χ3n) is 5.62. The van der Waals surface area contributed by atoms with Crippen LogP contribution in [-0.4, -0.2) is 38.6 Å². The molecule has 4 rings (SSSR count). The summed E-state index contributed by atoms with van der Waals surface area (Å²) in [6.45, 7) is 1.76. The van der Waals surface area contributed by atoms with Crippen molar-refractivity contribution in [3.8, 4) is 11.5 Å². The number of methoxy groups -OCH3 is 2. The second kappa shape index (κ2) is 8.90. The smallest absolute Gasteiger partial charge is 0.251 e. The minimum atomic E-state index is -0.0639. The van der Waals surface area contributed by atoms with Crippen LogP contribution >= 0.6 is 11.3 Å². The molecule has 2 aromatic carbocycles. The first-order valence-corrected chi connectivity index (χ1v) is 10.9. The molecule has 1 aliphatic heterocycles. The molecule has 1 N–H and O–H groups in total. The van der Waals surface area contributed by atoms with Crippen molar-refractivity contribution in [1.29, 1.82) is 0 Å². The van der Waals surface area contributed by atoms with Crippen LogP contribution in [0.25, 0.3) is 0 Å². The second-order valence-corrected chi connectivity index (χ2v) is 8.30. The third kappa shape index (κ3) is 3.93. The number of carbonyl (C=O) groups is 1.